The number of anilines is 1. The van der Waals surface area contributed by atoms with Gasteiger partial charge in [0.15, 0.2) is 0 Å². The van der Waals surface area contributed by atoms with E-state index in [1.54, 1.807) is 30.3 Å². The van der Waals surface area contributed by atoms with Gasteiger partial charge in [0.25, 0.3) is 0 Å². The number of benzene rings is 1. The molecule has 0 aliphatic carbocycles. The third-order valence-corrected chi connectivity index (χ3v) is 3.81. The number of hydrogen-bond donors (Lipinski definition) is 1. The van der Waals surface area contributed by atoms with Crippen LogP contribution in [0.25, 0.3) is 0 Å². The van der Waals surface area contributed by atoms with Gasteiger partial charge in [-0.25, -0.2) is 13.2 Å². The molecular formula is C13H19NO4S. The molecule has 0 saturated heterocycles. The van der Waals surface area contributed by atoms with E-state index in [-0.39, 0.29) is 12.3 Å². The molecule has 0 amide bonds. The van der Waals surface area contributed by atoms with E-state index in [4.69, 9.17) is 0 Å². The summed E-state index contributed by atoms with van der Waals surface area (Å²) in [6, 6.07) is 7.22. The molecule has 0 saturated carbocycles. The summed E-state index contributed by atoms with van der Waals surface area (Å²) < 4.78 is 24.8. The predicted molar refractivity (Wildman–Crippen MR) is 74.6 cm³/mol. The summed E-state index contributed by atoms with van der Waals surface area (Å²) in [5.74, 6) is -1.06. The van der Waals surface area contributed by atoms with E-state index in [1.165, 1.54) is 0 Å². The highest BCUT2D eigenvalue weighted by molar-refractivity contribution is 7.92. The molecule has 1 N–H and O–H groups in total. The Morgan fingerprint density at radius 2 is 1.79 bits per heavy atom. The van der Waals surface area contributed by atoms with E-state index in [2.05, 4.69) is 0 Å². The van der Waals surface area contributed by atoms with E-state index in [0.717, 1.165) is 10.6 Å². The molecule has 19 heavy (non-hydrogen) atoms. The zero-order valence-electron chi connectivity index (χ0n) is 11.3. The number of carboxylic acid groups (broad SMARTS) is 1. The van der Waals surface area contributed by atoms with E-state index in [1.807, 2.05) is 13.8 Å². The molecule has 0 aliphatic heterocycles. The van der Waals surface area contributed by atoms with Crippen LogP contribution in [-0.2, 0) is 14.8 Å². The molecule has 0 heterocycles. The molecule has 0 aromatic heterocycles. The lowest BCUT2D eigenvalue weighted by Gasteiger charge is -2.29. The zero-order chi connectivity index (χ0) is 14.6. The van der Waals surface area contributed by atoms with Crippen LogP contribution in [0.1, 0.15) is 20.3 Å². The molecule has 1 rings (SSSR count). The number of nitrogens with zero attached hydrogens (tertiary/aromatic N) is 1. The summed E-state index contributed by atoms with van der Waals surface area (Å²) in [5.41, 5.74) is 0.373. The minimum atomic E-state index is -3.66. The van der Waals surface area contributed by atoms with Gasteiger partial charge in [-0.05, 0) is 24.5 Å². The van der Waals surface area contributed by atoms with Crippen molar-refractivity contribution in [1.82, 2.24) is 0 Å². The fraction of sp³-hybridized carbons (Fsp3) is 0.462. The standard InChI is InChI=1S/C13H19NO4S/c1-10(2)9-12(13(15)16)14(19(3,17)18)11-7-5-4-6-8-11/h4-8,10,12H,9H2,1-3H3,(H,15,16). The maximum Gasteiger partial charge on any atom is 0.327 e. The first kappa shape index (κ1) is 15.5. The van der Waals surface area contributed by atoms with Crippen molar-refractivity contribution in [3.8, 4) is 0 Å². The Hall–Kier alpha value is -1.56. The highest BCUT2D eigenvalue weighted by Gasteiger charge is 2.32. The van der Waals surface area contributed by atoms with Gasteiger partial charge in [0, 0.05) is 0 Å². The molecule has 0 bridgehead atoms. The molecule has 106 valence electrons. The van der Waals surface area contributed by atoms with Gasteiger partial charge in [-0.3, -0.25) is 4.31 Å². The van der Waals surface area contributed by atoms with Crippen molar-refractivity contribution < 1.29 is 18.3 Å². The molecular weight excluding hydrogens is 266 g/mol. The highest BCUT2D eigenvalue weighted by Crippen LogP contribution is 2.23. The number of para-hydroxylation sites is 1. The van der Waals surface area contributed by atoms with E-state index in [9.17, 15) is 18.3 Å². The van der Waals surface area contributed by atoms with E-state index >= 15 is 0 Å². The summed E-state index contributed by atoms with van der Waals surface area (Å²) in [6.07, 6.45) is 1.29. The van der Waals surface area contributed by atoms with Gasteiger partial charge in [-0.1, -0.05) is 32.0 Å². The fourth-order valence-electron chi connectivity index (χ4n) is 1.92. The summed E-state index contributed by atoms with van der Waals surface area (Å²) in [5, 5.41) is 9.31. The molecule has 1 aromatic rings. The van der Waals surface area contributed by atoms with Crippen LogP contribution >= 0.6 is 0 Å². The van der Waals surface area contributed by atoms with Crippen molar-refractivity contribution in [3.63, 3.8) is 0 Å². The minimum Gasteiger partial charge on any atom is -0.480 e. The second-order valence-corrected chi connectivity index (χ2v) is 6.74. The van der Waals surface area contributed by atoms with Crippen molar-refractivity contribution in [2.24, 2.45) is 5.92 Å². The van der Waals surface area contributed by atoms with Crippen LogP contribution in [-0.4, -0.2) is 31.8 Å². The summed E-state index contributed by atoms with van der Waals surface area (Å²) in [4.78, 5) is 11.4. The molecule has 5 nitrogen and oxygen atoms in total. The Kier molecular flexibility index (Phi) is 4.94. The smallest absolute Gasteiger partial charge is 0.327 e. The molecule has 1 atom stereocenters. The summed E-state index contributed by atoms with van der Waals surface area (Å²) >= 11 is 0. The number of rotatable bonds is 6. The Morgan fingerprint density at radius 3 is 2.16 bits per heavy atom. The van der Waals surface area contributed by atoms with Gasteiger partial charge in [0.1, 0.15) is 6.04 Å². The number of sulfonamides is 1. The molecule has 0 fully saturated rings. The Labute approximate surface area is 113 Å². The van der Waals surface area contributed by atoms with Crippen LogP contribution in [0.15, 0.2) is 30.3 Å². The quantitative estimate of drug-likeness (QED) is 0.867. The third-order valence-electron chi connectivity index (χ3n) is 2.63. The first-order valence-corrected chi connectivity index (χ1v) is 7.85. The summed E-state index contributed by atoms with van der Waals surface area (Å²) in [6.45, 7) is 3.72. The number of hydrogen-bond acceptors (Lipinski definition) is 3. The van der Waals surface area contributed by atoms with Crippen LogP contribution < -0.4 is 4.31 Å². The summed E-state index contributed by atoms with van der Waals surface area (Å²) in [7, 11) is -3.66. The van der Waals surface area contributed by atoms with E-state index in [0.29, 0.717) is 5.69 Å². The maximum atomic E-state index is 11.9. The largest absolute Gasteiger partial charge is 0.480 e. The van der Waals surface area contributed by atoms with Gasteiger partial charge in [0.05, 0.1) is 11.9 Å². The second kappa shape index (κ2) is 6.06. The predicted octanol–water partition coefficient (Wildman–Crippen LogP) is 1.95. The van der Waals surface area contributed by atoms with Crippen molar-refractivity contribution in [1.29, 1.82) is 0 Å². The van der Waals surface area contributed by atoms with Crippen molar-refractivity contribution in [2.45, 2.75) is 26.3 Å². The minimum absolute atomic E-state index is 0.0778. The van der Waals surface area contributed by atoms with Crippen LogP contribution in [0.3, 0.4) is 0 Å². The van der Waals surface area contributed by atoms with Gasteiger partial charge in [-0.15, -0.1) is 0 Å². The lowest BCUT2D eigenvalue weighted by molar-refractivity contribution is -0.138. The average molecular weight is 285 g/mol. The average Bonchev–Trinajstić information content (AvgIpc) is 2.27. The lowest BCUT2D eigenvalue weighted by Crippen LogP contribution is -2.45. The lowest BCUT2D eigenvalue weighted by atomic mass is 10.0. The van der Waals surface area contributed by atoms with Crippen molar-refractivity contribution in [3.05, 3.63) is 30.3 Å². The Balaban J connectivity index is 3.27. The van der Waals surface area contributed by atoms with Crippen LogP contribution in [0, 0.1) is 5.92 Å². The Morgan fingerprint density at radius 1 is 1.26 bits per heavy atom. The highest BCUT2D eigenvalue weighted by atomic mass is 32.2. The van der Waals surface area contributed by atoms with Crippen LogP contribution in [0.4, 0.5) is 5.69 Å². The number of aliphatic carboxylic acids is 1. The molecule has 1 aromatic carbocycles. The van der Waals surface area contributed by atoms with Gasteiger partial charge in [0.2, 0.25) is 10.0 Å². The second-order valence-electron chi connectivity index (χ2n) is 4.88. The fourth-order valence-corrected chi connectivity index (χ4v) is 3.06. The van der Waals surface area contributed by atoms with Gasteiger partial charge >= 0.3 is 5.97 Å². The van der Waals surface area contributed by atoms with Gasteiger partial charge in [-0.2, -0.15) is 0 Å². The topological polar surface area (TPSA) is 74.7 Å². The first-order valence-electron chi connectivity index (χ1n) is 6.00. The number of carboxylic acids is 1. The van der Waals surface area contributed by atoms with Crippen molar-refractivity contribution in [2.75, 3.05) is 10.6 Å². The maximum absolute atomic E-state index is 11.9. The molecule has 0 aliphatic rings. The van der Waals surface area contributed by atoms with Gasteiger partial charge < -0.3 is 5.11 Å². The van der Waals surface area contributed by atoms with E-state index < -0.39 is 22.0 Å². The van der Waals surface area contributed by atoms with Crippen LogP contribution in [0.2, 0.25) is 0 Å². The first-order chi connectivity index (χ1) is 8.73. The SMILES string of the molecule is CC(C)CC(C(=O)O)N(c1ccccc1)S(C)(=O)=O. The Bertz CT molecular complexity index is 525. The normalized spacial score (nSPS) is 13.3. The zero-order valence-corrected chi connectivity index (χ0v) is 12.1. The molecule has 0 radical (unpaired) electrons. The van der Waals surface area contributed by atoms with Crippen molar-refractivity contribution >= 4 is 21.7 Å². The van der Waals surface area contributed by atoms with Crippen LogP contribution in [0.5, 0.6) is 0 Å². The number of carbonyl (C=O) groups is 1. The molecule has 1 unspecified atom stereocenters. The monoisotopic (exact) mass is 285 g/mol. The third kappa shape index (κ3) is 4.24. The molecule has 6 heteroatoms. The molecule has 0 spiro atoms.